The fourth-order valence-corrected chi connectivity index (χ4v) is 4.17. The van der Waals surface area contributed by atoms with E-state index in [-0.39, 0.29) is 4.86 Å². The second kappa shape index (κ2) is 8.99. The topological polar surface area (TPSA) is 52.6 Å². The van der Waals surface area contributed by atoms with Crippen LogP contribution in [0.4, 0.5) is 0 Å². The predicted molar refractivity (Wildman–Crippen MR) is 99.8 cm³/mol. The predicted octanol–water partition coefficient (Wildman–Crippen LogP) is 3.84. The summed E-state index contributed by atoms with van der Waals surface area (Å²) >= 11 is 0. The highest BCUT2D eigenvalue weighted by Crippen LogP contribution is 2.37. The third kappa shape index (κ3) is 4.67. The fourth-order valence-electron chi connectivity index (χ4n) is 2.10. The van der Waals surface area contributed by atoms with Gasteiger partial charge >= 0.3 is 11.9 Å². The minimum Gasteiger partial charge on any atom is -0.465 e. The molecule has 4 nitrogen and oxygen atoms in total. The van der Waals surface area contributed by atoms with Gasteiger partial charge in [0.2, 0.25) is 0 Å². The lowest BCUT2D eigenvalue weighted by molar-refractivity contribution is -0.140. The molecule has 5 heteroatoms. The van der Waals surface area contributed by atoms with Crippen molar-refractivity contribution in [3.05, 3.63) is 73.3 Å². The normalized spacial score (nSPS) is 11.5. The first kappa shape index (κ1) is 18.7. The van der Waals surface area contributed by atoms with Crippen molar-refractivity contribution in [3.8, 4) is 0 Å². The first-order valence-corrected chi connectivity index (χ1v) is 8.94. The van der Waals surface area contributed by atoms with Crippen molar-refractivity contribution < 1.29 is 19.1 Å². The van der Waals surface area contributed by atoms with Crippen molar-refractivity contribution in [2.75, 3.05) is 7.11 Å². The van der Waals surface area contributed by atoms with Crippen LogP contribution >= 0.6 is 10.5 Å². The Kier molecular flexibility index (Phi) is 6.71. The number of rotatable bonds is 6. The van der Waals surface area contributed by atoms with Crippen molar-refractivity contribution in [3.63, 3.8) is 0 Å². The van der Waals surface area contributed by atoms with Gasteiger partial charge in [0.15, 0.2) is 4.86 Å². The van der Waals surface area contributed by atoms with Crippen LogP contribution in [0.15, 0.2) is 83.1 Å². The second-order valence-electron chi connectivity index (χ2n) is 5.10. The van der Waals surface area contributed by atoms with Crippen LogP contribution in [0.5, 0.6) is 0 Å². The zero-order valence-corrected chi connectivity index (χ0v) is 15.0. The van der Waals surface area contributed by atoms with Crippen LogP contribution in [0.3, 0.4) is 0 Å². The highest BCUT2D eigenvalue weighted by atomic mass is 32.2. The van der Waals surface area contributed by atoms with E-state index in [1.54, 1.807) is 6.92 Å². The number of carbonyl (C=O) groups is 2. The minimum absolute atomic E-state index is 0.0337. The molecule has 0 radical (unpaired) electrons. The van der Waals surface area contributed by atoms with Crippen LogP contribution in [0.1, 0.15) is 6.92 Å². The van der Waals surface area contributed by atoms with Crippen molar-refractivity contribution in [1.29, 1.82) is 0 Å². The van der Waals surface area contributed by atoms with E-state index >= 15 is 0 Å². The molecule has 0 aliphatic carbocycles. The summed E-state index contributed by atoms with van der Waals surface area (Å²) in [5, 5.41) is 0. The molecule has 0 saturated heterocycles. The molecular weight excluding hydrogens is 336 g/mol. The molecule has 0 fully saturated rings. The zero-order valence-electron chi connectivity index (χ0n) is 14.2. The quantitative estimate of drug-likeness (QED) is 0.342. The van der Waals surface area contributed by atoms with Crippen molar-refractivity contribution in [2.45, 2.75) is 22.8 Å². The summed E-state index contributed by atoms with van der Waals surface area (Å²) in [7, 11) is 0.320. The van der Waals surface area contributed by atoms with Gasteiger partial charge in [-0.25, -0.2) is 9.59 Å². The molecule has 25 heavy (non-hydrogen) atoms. The Balaban J connectivity index is 2.71. The Labute approximate surface area is 150 Å². The van der Waals surface area contributed by atoms with E-state index in [4.69, 9.17) is 9.47 Å². The Morgan fingerprint density at radius 1 is 0.960 bits per heavy atom. The highest BCUT2D eigenvalue weighted by molar-refractivity contribution is 8.18. The van der Waals surface area contributed by atoms with Gasteiger partial charge in [0, 0.05) is 9.79 Å². The van der Waals surface area contributed by atoms with E-state index < -0.39 is 28.5 Å². The number of hydrogen-bond acceptors (Lipinski definition) is 4. The molecule has 0 N–H and O–H groups in total. The lowest BCUT2D eigenvalue weighted by atomic mass is 10.4. The summed E-state index contributed by atoms with van der Waals surface area (Å²) in [6.07, 6.45) is 0.986. The van der Waals surface area contributed by atoms with E-state index in [1.807, 2.05) is 60.7 Å². The molecule has 2 rings (SSSR count). The molecule has 0 aromatic heterocycles. The van der Waals surface area contributed by atoms with E-state index in [1.165, 1.54) is 13.2 Å². The third-order valence-electron chi connectivity index (χ3n) is 3.34. The summed E-state index contributed by atoms with van der Waals surface area (Å²) in [6.45, 7) is 5.28. The number of methoxy groups -OCH3 is 1. The van der Waals surface area contributed by atoms with Crippen LogP contribution in [0, 0.1) is 0 Å². The third-order valence-corrected chi connectivity index (χ3v) is 5.57. The van der Waals surface area contributed by atoms with Crippen molar-refractivity contribution in [2.24, 2.45) is 0 Å². The lowest BCUT2D eigenvalue weighted by Gasteiger charge is -2.17. The highest BCUT2D eigenvalue weighted by Gasteiger charge is 2.27. The standard InChI is InChI=1S/C20H20O4S/c1-4-15(2)24-20(22)18(19(21)23-3)25(16-11-7-5-8-12-16)17-13-9-6-10-14-17/h4-15H,1H2,2-3H3/t15-/m1/s1. The molecule has 1 atom stereocenters. The van der Waals surface area contributed by atoms with E-state index in [9.17, 15) is 9.59 Å². The maximum absolute atomic E-state index is 12.7. The molecule has 0 amide bonds. The molecule has 0 spiro atoms. The Morgan fingerprint density at radius 3 is 1.84 bits per heavy atom. The van der Waals surface area contributed by atoms with Gasteiger partial charge in [-0.1, -0.05) is 49.1 Å². The number of benzene rings is 2. The summed E-state index contributed by atoms with van der Waals surface area (Å²) < 4.78 is 10.2. The zero-order chi connectivity index (χ0) is 18.2. The van der Waals surface area contributed by atoms with Gasteiger partial charge in [0.05, 0.1) is 7.11 Å². The Hall–Kier alpha value is -2.66. The van der Waals surface area contributed by atoms with E-state index in [0.29, 0.717) is 0 Å². The molecule has 2 aromatic rings. The van der Waals surface area contributed by atoms with E-state index in [0.717, 1.165) is 9.79 Å². The SMILES string of the molecule is C=C[C@@H](C)OC(=O)C(C(=O)OC)=S(c1ccccc1)c1ccccc1. The van der Waals surface area contributed by atoms with Crippen molar-refractivity contribution in [1.82, 2.24) is 0 Å². The summed E-state index contributed by atoms with van der Waals surface area (Å²) in [5.41, 5.74) is 0. The average Bonchev–Trinajstić information content (AvgIpc) is 2.66. The van der Waals surface area contributed by atoms with Crippen LogP contribution in [-0.4, -0.2) is 30.0 Å². The summed E-state index contributed by atoms with van der Waals surface area (Å²) in [5.74, 6) is -1.40. The molecule has 130 valence electrons. The van der Waals surface area contributed by atoms with Crippen molar-refractivity contribution >= 4 is 27.3 Å². The molecule has 0 aliphatic heterocycles. The maximum Gasteiger partial charge on any atom is 0.352 e. The molecule has 0 bridgehead atoms. The van der Waals surface area contributed by atoms with Crippen LogP contribution < -0.4 is 0 Å². The second-order valence-corrected chi connectivity index (χ2v) is 7.06. The number of ether oxygens (including phenoxy) is 2. The monoisotopic (exact) mass is 356 g/mol. The van der Waals surface area contributed by atoms with Gasteiger partial charge < -0.3 is 9.47 Å². The average molecular weight is 356 g/mol. The minimum atomic E-state index is -0.934. The summed E-state index contributed by atoms with van der Waals surface area (Å²) in [6, 6.07) is 18.7. The Morgan fingerprint density at radius 2 is 1.44 bits per heavy atom. The largest absolute Gasteiger partial charge is 0.465 e. The summed E-state index contributed by atoms with van der Waals surface area (Å²) in [4.78, 5) is 26.8. The molecule has 0 aliphatic rings. The maximum atomic E-state index is 12.7. The number of carbonyl (C=O) groups excluding carboxylic acids is 2. The van der Waals surface area contributed by atoms with Crippen LogP contribution in [0.2, 0.25) is 0 Å². The van der Waals surface area contributed by atoms with Gasteiger partial charge in [-0.15, -0.1) is 10.5 Å². The molecule has 0 heterocycles. The lowest BCUT2D eigenvalue weighted by Crippen LogP contribution is -2.30. The number of esters is 2. The Bertz CT molecular complexity index is 740. The molecule has 0 saturated carbocycles. The molecule has 0 unspecified atom stereocenters. The van der Waals surface area contributed by atoms with E-state index in [2.05, 4.69) is 6.58 Å². The molecular formula is C20H20O4S. The van der Waals surface area contributed by atoms with Gasteiger partial charge in [0.25, 0.3) is 0 Å². The van der Waals surface area contributed by atoms with Gasteiger partial charge in [-0.3, -0.25) is 0 Å². The van der Waals surface area contributed by atoms with Gasteiger partial charge in [-0.2, -0.15) is 0 Å². The smallest absolute Gasteiger partial charge is 0.352 e. The van der Waals surface area contributed by atoms with Crippen LogP contribution in [-0.2, 0) is 19.1 Å². The van der Waals surface area contributed by atoms with Crippen LogP contribution in [0.25, 0.3) is 0 Å². The number of hydrogen-bond donors (Lipinski definition) is 0. The first-order valence-electron chi connectivity index (χ1n) is 7.71. The van der Waals surface area contributed by atoms with Gasteiger partial charge in [-0.05, 0) is 31.2 Å². The van der Waals surface area contributed by atoms with Gasteiger partial charge in [0.1, 0.15) is 6.10 Å². The molecule has 2 aromatic carbocycles. The fraction of sp³-hybridized carbons (Fsp3) is 0.150. The first-order chi connectivity index (χ1) is 12.1.